The lowest BCUT2D eigenvalue weighted by Gasteiger charge is -2.23. The predicted octanol–water partition coefficient (Wildman–Crippen LogP) is 2.73. The normalized spacial score (nSPS) is 25.7. The van der Waals surface area contributed by atoms with E-state index in [4.69, 9.17) is 10.2 Å². The molecule has 0 spiro atoms. The Labute approximate surface area is 122 Å². The molecule has 4 nitrogen and oxygen atoms in total. The Morgan fingerprint density at radius 3 is 2.90 bits per heavy atom. The number of hydrogen-bond donors (Lipinski definition) is 2. The van der Waals surface area contributed by atoms with Crippen LogP contribution < -0.4 is 11.1 Å². The molecule has 1 aliphatic heterocycles. The molecule has 4 heteroatoms. The van der Waals surface area contributed by atoms with E-state index in [1.807, 2.05) is 37.3 Å². The smallest absolute Gasteiger partial charge is 0.253 e. The summed E-state index contributed by atoms with van der Waals surface area (Å²) in [5.74, 6) is -0.244. The average Bonchev–Trinajstić information content (AvgIpc) is 3.05. The van der Waals surface area contributed by atoms with Gasteiger partial charge in [-0.05, 0) is 30.7 Å². The van der Waals surface area contributed by atoms with Crippen molar-refractivity contribution >= 4 is 16.9 Å². The van der Waals surface area contributed by atoms with Crippen molar-refractivity contribution in [3.63, 3.8) is 0 Å². The van der Waals surface area contributed by atoms with E-state index in [1.165, 1.54) is 0 Å². The third kappa shape index (κ3) is 1.84. The monoisotopic (exact) mass is 280 g/mol. The second-order valence-electron chi connectivity index (χ2n) is 4.95. The van der Waals surface area contributed by atoms with E-state index in [9.17, 15) is 4.79 Å². The van der Waals surface area contributed by atoms with Crippen LogP contribution in [0.1, 0.15) is 12.5 Å². The summed E-state index contributed by atoms with van der Waals surface area (Å²) in [6, 6.07) is 7.38. The molecule has 3 rings (SSSR count). The first kappa shape index (κ1) is 13.4. The van der Waals surface area contributed by atoms with E-state index >= 15 is 0 Å². The van der Waals surface area contributed by atoms with E-state index in [2.05, 4.69) is 11.9 Å². The van der Waals surface area contributed by atoms with Gasteiger partial charge in [0.25, 0.3) is 5.91 Å². The Balaban J connectivity index is 2.23. The van der Waals surface area contributed by atoms with Crippen LogP contribution in [0.4, 0.5) is 0 Å². The van der Waals surface area contributed by atoms with Gasteiger partial charge in [0.15, 0.2) is 0 Å². The van der Waals surface area contributed by atoms with E-state index in [0.717, 1.165) is 22.2 Å². The van der Waals surface area contributed by atoms with E-state index in [0.29, 0.717) is 5.57 Å². The molecule has 0 bridgehead atoms. The van der Waals surface area contributed by atoms with Crippen LogP contribution in [-0.2, 0) is 10.3 Å². The second-order valence-corrected chi connectivity index (χ2v) is 4.95. The predicted molar refractivity (Wildman–Crippen MR) is 82.3 cm³/mol. The minimum Gasteiger partial charge on any atom is -0.464 e. The summed E-state index contributed by atoms with van der Waals surface area (Å²) in [5.41, 5.74) is 8.18. The van der Waals surface area contributed by atoms with Crippen LogP contribution >= 0.6 is 0 Å². The van der Waals surface area contributed by atoms with Crippen molar-refractivity contribution in [3.05, 3.63) is 72.2 Å². The molecule has 21 heavy (non-hydrogen) atoms. The summed E-state index contributed by atoms with van der Waals surface area (Å²) in [5, 5.41) is 3.74. The number of fused-ring (bicyclic) bond motifs is 1. The molecule has 2 heterocycles. The molecule has 2 aromatic rings. The number of hydrogen-bond acceptors (Lipinski definition) is 3. The fourth-order valence-electron chi connectivity index (χ4n) is 2.69. The van der Waals surface area contributed by atoms with Crippen molar-refractivity contribution in [1.29, 1.82) is 0 Å². The summed E-state index contributed by atoms with van der Waals surface area (Å²) in [4.78, 5) is 12.4. The van der Waals surface area contributed by atoms with Crippen molar-refractivity contribution in [1.82, 2.24) is 5.32 Å². The Bertz CT molecular complexity index is 798. The van der Waals surface area contributed by atoms with Crippen molar-refractivity contribution in [2.75, 3.05) is 0 Å². The Hall–Kier alpha value is -2.59. The van der Waals surface area contributed by atoms with Gasteiger partial charge in [-0.1, -0.05) is 30.9 Å². The number of allylic oxidation sites excluding steroid dienone is 3. The van der Waals surface area contributed by atoms with E-state index < -0.39 is 5.54 Å². The highest BCUT2D eigenvalue weighted by Gasteiger charge is 2.47. The molecule has 106 valence electrons. The molecule has 1 atom stereocenters. The molecule has 3 N–H and O–H groups in total. The molecule has 0 saturated carbocycles. The largest absolute Gasteiger partial charge is 0.464 e. The number of carbonyl (C=O) groups is 1. The number of nitrogens with one attached hydrogen (secondary N) is 1. The molecule has 1 amide bonds. The average molecular weight is 280 g/mol. The Morgan fingerprint density at radius 1 is 1.38 bits per heavy atom. The van der Waals surface area contributed by atoms with Gasteiger partial charge in [-0.2, -0.15) is 0 Å². The summed E-state index contributed by atoms with van der Waals surface area (Å²) in [6.45, 7) is 5.56. The highest BCUT2D eigenvalue weighted by atomic mass is 16.3. The van der Waals surface area contributed by atoms with Gasteiger partial charge < -0.3 is 15.5 Å². The fourth-order valence-corrected chi connectivity index (χ4v) is 2.69. The number of nitrogens with two attached hydrogens (primary N) is 1. The molecular formula is C17H16N2O2. The maximum Gasteiger partial charge on any atom is 0.253 e. The van der Waals surface area contributed by atoms with E-state index in [-0.39, 0.29) is 5.91 Å². The first-order valence-corrected chi connectivity index (χ1v) is 6.69. The van der Waals surface area contributed by atoms with Gasteiger partial charge >= 0.3 is 0 Å². The molecule has 1 unspecified atom stereocenters. The maximum atomic E-state index is 12.4. The van der Waals surface area contributed by atoms with Gasteiger partial charge in [0.1, 0.15) is 11.1 Å². The molecule has 0 aliphatic carbocycles. The van der Waals surface area contributed by atoms with Crippen LogP contribution in [0.3, 0.4) is 0 Å². The zero-order valence-corrected chi connectivity index (χ0v) is 11.7. The van der Waals surface area contributed by atoms with Crippen molar-refractivity contribution < 1.29 is 9.21 Å². The van der Waals surface area contributed by atoms with Crippen LogP contribution in [0.15, 0.2) is 71.0 Å². The number of amides is 1. The lowest BCUT2D eigenvalue weighted by atomic mass is 9.83. The zero-order chi connectivity index (χ0) is 15.0. The summed E-state index contributed by atoms with van der Waals surface area (Å²) in [6.07, 6.45) is 6.85. The van der Waals surface area contributed by atoms with Crippen molar-refractivity contribution in [3.8, 4) is 0 Å². The SMILES string of the molecule is C=C/C=C1\C(=C/C)NC(=O)C1(N)c1ccc2occc2c1. The van der Waals surface area contributed by atoms with Gasteiger partial charge in [0.2, 0.25) is 0 Å². The van der Waals surface area contributed by atoms with Gasteiger partial charge in [0.05, 0.1) is 6.26 Å². The van der Waals surface area contributed by atoms with Crippen molar-refractivity contribution in [2.24, 2.45) is 5.73 Å². The first-order valence-electron chi connectivity index (χ1n) is 6.69. The zero-order valence-electron chi connectivity index (χ0n) is 11.7. The van der Waals surface area contributed by atoms with Crippen molar-refractivity contribution in [2.45, 2.75) is 12.5 Å². The fraction of sp³-hybridized carbons (Fsp3) is 0.118. The minimum absolute atomic E-state index is 0.244. The Kier molecular flexibility index (Phi) is 3.03. The topological polar surface area (TPSA) is 68.3 Å². The number of carbonyl (C=O) groups excluding carboxylic acids is 1. The molecule has 0 radical (unpaired) electrons. The molecular weight excluding hydrogens is 264 g/mol. The number of furan rings is 1. The summed E-state index contributed by atoms with van der Waals surface area (Å²) >= 11 is 0. The summed E-state index contributed by atoms with van der Waals surface area (Å²) in [7, 11) is 0. The maximum absolute atomic E-state index is 12.4. The second kappa shape index (κ2) is 4.75. The quantitative estimate of drug-likeness (QED) is 0.888. The van der Waals surface area contributed by atoms with Crippen LogP contribution in [0.25, 0.3) is 11.0 Å². The van der Waals surface area contributed by atoms with Gasteiger partial charge in [-0.3, -0.25) is 4.79 Å². The van der Waals surface area contributed by atoms with Gasteiger partial charge in [0, 0.05) is 16.7 Å². The van der Waals surface area contributed by atoms with Crippen LogP contribution in [0.2, 0.25) is 0 Å². The molecule has 1 aromatic carbocycles. The first-order chi connectivity index (χ1) is 10.1. The van der Waals surface area contributed by atoms with Gasteiger partial charge in [-0.25, -0.2) is 0 Å². The van der Waals surface area contributed by atoms with Crippen LogP contribution in [0, 0.1) is 0 Å². The molecule has 1 saturated heterocycles. The lowest BCUT2D eigenvalue weighted by Crippen LogP contribution is -2.45. The highest BCUT2D eigenvalue weighted by molar-refractivity contribution is 5.99. The summed E-state index contributed by atoms with van der Waals surface area (Å²) < 4.78 is 5.33. The Morgan fingerprint density at radius 2 is 2.19 bits per heavy atom. The molecule has 1 aromatic heterocycles. The third-order valence-electron chi connectivity index (χ3n) is 3.80. The lowest BCUT2D eigenvalue weighted by molar-refractivity contribution is -0.123. The van der Waals surface area contributed by atoms with Crippen LogP contribution in [0.5, 0.6) is 0 Å². The number of benzene rings is 1. The van der Waals surface area contributed by atoms with E-state index in [1.54, 1.807) is 18.4 Å². The standard InChI is InChI=1S/C17H16N2O2/c1-3-5-13-14(4-2)19-16(20)17(13,18)12-6-7-15-11(10-12)8-9-21-15/h3-10H,1,18H2,2H3,(H,19,20)/b13-5+,14-4+. The number of rotatable bonds is 2. The molecule has 1 fully saturated rings. The highest BCUT2D eigenvalue weighted by Crippen LogP contribution is 2.37. The van der Waals surface area contributed by atoms with Crippen LogP contribution in [-0.4, -0.2) is 5.91 Å². The molecule has 1 aliphatic rings. The minimum atomic E-state index is -1.22. The van der Waals surface area contributed by atoms with Gasteiger partial charge in [-0.15, -0.1) is 0 Å². The third-order valence-corrected chi connectivity index (χ3v) is 3.80.